The first-order chi connectivity index (χ1) is 8.29. The summed E-state index contributed by atoms with van der Waals surface area (Å²) in [5.41, 5.74) is 2.76. The number of ether oxygens (including phenoxy) is 1. The van der Waals surface area contributed by atoms with Crippen LogP contribution in [0.15, 0.2) is 24.3 Å². The Bertz CT molecular complexity index is 327. The van der Waals surface area contributed by atoms with Crippen molar-refractivity contribution in [1.29, 1.82) is 0 Å². The van der Waals surface area contributed by atoms with Gasteiger partial charge in [0.25, 0.3) is 0 Å². The fourth-order valence-corrected chi connectivity index (χ4v) is 2.57. The smallest absolute Gasteiger partial charge is 0.0582 e. The predicted octanol–water partition coefficient (Wildman–Crippen LogP) is 2.87. The topological polar surface area (TPSA) is 21.3 Å². The largest absolute Gasteiger partial charge is 0.378 e. The second-order valence-corrected chi connectivity index (χ2v) is 5.04. The highest BCUT2D eigenvalue weighted by molar-refractivity contribution is 5.25. The maximum Gasteiger partial charge on any atom is 0.0582 e. The van der Waals surface area contributed by atoms with Crippen LogP contribution in [-0.4, -0.2) is 26.3 Å². The molecule has 0 bridgehead atoms. The molecule has 2 atom stereocenters. The lowest BCUT2D eigenvalue weighted by Gasteiger charge is -2.20. The molecular weight excluding hydrogens is 210 g/mol. The molecule has 0 amide bonds. The van der Waals surface area contributed by atoms with E-state index in [1.165, 1.54) is 24.0 Å². The van der Waals surface area contributed by atoms with Crippen molar-refractivity contribution in [2.24, 2.45) is 0 Å². The molecule has 1 saturated heterocycles. The molecule has 94 valence electrons. The van der Waals surface area contributed by atoms with Crippen LogP contribution >= 0.6 is 0 Å². The van der Waals surface area contributed by atoms with Crippen molar-refractivity contribution in [2.45, 2.75) is 38.2 Å². The molecule has 1 aliphatic heterocycles. The van der Waals surface area contributed by atoms with E-state index in [9.17, 15) is 0 Å². The maximum atomic E-state index is 5.75. The summed E-state index contributed by atoms with van der Waals surface area (Å²) < 4.78 is 5.75. The molecule has 1 aromatic rings. The van der Waals surface area contributed by atoms with Gasteiger partial charge in [-0.2, -0.15) is 0 Å². The number of hydrogen-bond donors (Lipinski definition) is 1. The van der Waals surface area contributed by atoms with Crippen molar-refractivity contribution in [1.82, 2.24) is 5.32 Å². The molecule has 0 spiro atoms. The molecule has 1 N–H and O–H groups in total. The van der Waals surface area contributed by atoms with Crippen molar-refractivity contribution in [3.8, 4) is 0 Å². The minimum absolute atomic E-state index is 0.467. The first kappa shape index (κ1) is 12.6. The van der Waals surface area contributed by atoms with Gasteiger partial charge in [0.05, 0.1) is 6.10 Å². The van der Waals surface area contributed by atoms with E-state index in [1.54, 1.807) is 0 Å². The lowest BCUT2D eigenvalue weighted by atomic mass is 9.91. The highest BCUT2D eigenvalue weighted by atomic mass is 16.5. The molecule has 2 rings (SSSR count). The van der Waals surface area contributed by atoms with E-state index >= 15 is 0 Å². The molecule has 1 aromatic carbocycles. The van der Waals surface area contributed by atoms with Gasteiger partial charge in [0.15, 0.2) is 0 Å². The Kier molecular flexibility index (Phi) is 4.57. The quantitative estimate of drug-likeness (QED) is 0.844. The Morgan fingerprint density at radius 1 is 1.35 bits per heavy atom. The van der Waals surface area contributed by atoms with E-state index in [-0.39, 0.29) is 0 Å². The van der Waals surface area contributed by atoms with E-state index in [1.807, 2.05) is 7.05 Å². The SMILES string of the molecule is CNCC(CC1CCCO1)c1ccc(C)cc1. The summed E-state index contributed by atoms with van der Waals surface area (Å²) in [5.74, 6) is 0.573. The molecule has 0 aliphatic carbocycles. The van der Waals surface area contributed by atoms with Crippen LogP contribution < -0.4 is 5.32 Å². The summed E-state index contributed by atoms with van der Waals surface area (Å²) in [6, 6.07) is 8.92. The summed E-state index contributed by atoms with van der Waals surface area (Å²) in [4.78, 5) is 0. The molecule has 0 radical (unpaired) electrons. The Morgan fingerprint density at radius 2 is 2.12 bits per heavy atom. The highest BCUT2D eigenvalue weighted by Gasteiger charge is 2.21. The predicted molar refractivity (Wildman–Crippen MR) is 71.4 cm³/mol. The van der Waals surface area contributed by atoms with Crippen LogP contribution in [0.1, 0.15) is 36.3 Å². The Hall–Kier alpha value is -0.860. The summed E-state index contributed by atoms with van der Waals surface area (Å²) in [5, 5.41) is 3.30. The van der Waals surface area contributed by atoms with Crippen LogP contribution in [0, 0.1) is 6.92 Å². The Morgan fingerprint density at radius 3 is 2.71 bits per heavy atom. The first-order valence-electron chi connectivity index (χ1n) is 6.62. The Balaban J connectivity index is 2.02. The highest BCUT2D eigenvalue weighted by Crippen LogP contribution is 2.26. The van der Waals surface area contributed by atoms with Crippen molar-refractivity contribution in [2.75, 3.05) is 20.2 Å². The van der Waals surface area contributed by atoms with Crippen LogP contribution in [0.2, 0.25) is 0 Å². The molecule has 0 aromatic heterocycles. The van der Waals surface area contributed by atoms with Gasteiger partial charge in [-0.05, 0) is 44.7 Å². The van der Waals surface area contributed by atoms with E-state index in [4.69, 9.17) is 4.74 Å². The van der Waals surface area contributed by atoms with Gasteiger partial charge in [0.2, 0.25) is 0 Å². The summed E-state index contributed by atoms with van der Waals surface area (Å²) in [6.45, 7) is 4.12. The van der Waals surface area contributed by atoms with Crippen LogP contribution in [0.4, 0.5) is 0 Å². The summed E-state index contributed by atoms with van der Waals surface area (Å²) >= 11 is 0. The number of rotatable bonds is 5. The van der Waals surface area contributed by atoms with E-state index in [2.05, 4.69) is 36.5 Å². The Labute approximate surface area is 104 Å². The zero-order valence-corrected chi connectivity index (χ0v) is 10.9. The average Bonchev–Trinajstić information content (AvgIpc) is 2.82. The van der Waals surface area contributed by atoms with Gasteiger partial charge in [-0.25, -0.2) is 0 Å². The number of likely N-dealkylation sites (N-methyl/N-ethyl adjacent to an activating group) is 1. The molecule has 2 heteroatoms. The minimum atomic E-state index is 0.467. The fraction of sp³-hybridized carbons (Fsp3) is 0.600. The van der Waals surface area contributed by atoms with E-state index < -0.39 is 0 Å². The molecule has 17 heavy (non-hydrogen) atoms. The standard InChI is InChI=1S/C15H23NO/c1-12-5-7-13(8-6-12)14(11-16-2)10-15-4-3-9-17-15/h5-8,14-16H,3-4,9-11H2,1-2H3. The zero-order chi connectivity index (χ0) is 12.1. The van der Waals surface area contributed by atoms with Gasteiger partial charge >= 0.3 is 0 Å². The van der Waals surface area contributed by atoms with Crippen molar-refractivity contribution in [3.63, 3.8) is 0 Å². The van der Waals surface area contributed by atoms with E-state index in [0.717, 1.165) is 19.6 Å². The molecular formula is C15H23NO. The lowest BCUT2D eigenvalue weighted by Crippen LogP contribution is -2.21. The van der Waals surface area contributed by atoms with Gasteiger partial charge in [-0.3, -0.25) is 0 Å². The molecule has 2 nitrogen and oxygen atoms in total. The van der Waals surface area contributed by atoms with Crippen molar-refractivity contribution >= 4 is 0 Å². The molecule has 2 unspecified atom stereocenters. The van der Waals surface area contributed by atoms with E-state index in [0.29, 0.717) is 12.0 Å². The molecule has 1 aliphatic rings. The van der Waals surface area contributed by atoms with Crippen molar-refractivity contribution in [3.05, 3.63) is 35.4 Å². The lowest BCUT2D eigenvalue weighted by molar-refractivity contribution is 0.0978. The molecule has 1 heterocycles. The fourth-order valence-electron chi connectivity index (χ4n) is 2.57. The third kappa shape index (κ3) is 3.55. The molecule has 1 fully saturated rings. The maximum absolute atomic E-state index is 5.75. The van der Waals surface area contributed by atoms with Gasteiger partial charge in [-0.1, -0.05) is 29.8 Å². The summed E-state index contributed by atoms with van der Waals surface area (Å²) in [7, 11) is 2.02. The second kappa shape index (κ2) is 6.18. The van der Waals surface area contributed by atoms with Gasteiger partial charge in [0.1, 0.15) is 0 Å². The van der Waals surface area contributed by atoms with Crippen LogP contribution in [0.25, 0.3) is 0 Å². The third-order valence-corrected chi connectivity index (χ3v) is 3.57. The average molecular weight is 233 g/mol. The number of aryl methyl sites for hydroxylation is 1. The molecule has 0 saturated carbocycles. The number of hydrogen-bond acceptors (Lipinski definition) is 2. The van der Waals surface area contributed by atoms with Crippen LogP contribution in [0.3, 0.4) is 0 Å². The number of nitrogens with one attached hydrogen (secondary N) is 1. The first-order valence-corrected chi connectivity index (χ1v) is 6.62. The van der Waals surface area contributed by atoms with Gasteiger partial charge in [-0.15, -0.1) is 0 Å². The van der Waals surface area contributed by atoms with Crippen LogP contribution in [0.5, 0.6) is 0 Å². The van der Waals surface area contributed by atoms with Crippen LogP contribution in [-0.2, 0) is 4.74 Å². The van der Waals surface area contributed by atoms with Gasteiger partial charge < -0.3 is 10.1 Å². The van der Waals surface area contributed by atoms with Gasteiger partial charge in [0, 0.05) is 13.2 Å². The number of benzene rings is 1. The second-order valence-electron chi connectivity index (χ2n) is 5.04. The third-order valence-electron chi connectivity index (χ3n) is 3.57. The minimum Gasteiger partial charge on any atom is -0.378 e. The normalized spacial score (nSPS) is 21.6. The van der Waals surface area contributed by atoms with Crippen molar-refractivity contribution < 1.29 is 4.74 Å². The monoisotopic (exact) mass is 233 g/mol. The summed E-state index contributed by atoms with van der Waals surface area (Å²) in [6.07, 6.45) is 4.07. The zero-order valence-electron chi connectivity index (χ0n) is 10.9.